The predicted octanol–water partition coefficient (Wildman–Crippen LogP) is 6.54. The highest BCUT2D eigenvalue weighted by molar-refractivity contribution is 5.76. The first kappa shape index (κ1) is 35.7. The van der Waals surface area contributed by atoms with Crippen LogP contribution >= 0.6 is 0 Å². The van der Waals surface area contributed by atoms with Crippen molar-refractivity contribution in [2.75, 3.05) is 26.8 Å². The largest absolute Gasteiger partial charge is 0.481 e. The number of carbonyl (C=O) groups excluding carboxylic acids is 1. The number of aliphatic carboxylic acids is 1. The minimum absolute atomic E-state index is 0.00237. The van der Waals surface area contributed by atoms with Crippen molar-refractivity contribution in [2.24, 2.45) is 0 Å². The fraction of sp³-hybridized carbons (Fsp3) is 0.487. The molecule has 0 aromatic heterocycles. The van der Waals surface area contributed by atoms with E-state index in [1.54, 1.807) is 7.11 Å². The highest BCUT2D eigenvalue weighted by Gasteiger charge is 2.35. The Hall–Kier alpha value is -3.60. The third-order valence-electron chi connectivity index (χ3n) is 9.44. The third-order valence-corrected chi connectivity index (χ3v) is 9.44. The highest BCUT2D eigenvalue weighted by Crippen LogP contribution is 2.39. The topological polar surface area (TPSA) is 118 Å². The molecule has 2 heterocycles. The summed E-state index contributed by atoms with van der Waals surface area (Å²) in [4.78, 5) is 25.7. The van der Waals surface area contributed by atoms with Crippen LogP contribution in [0, 0.1) is 0 Å². The Morgan fingerprint density at radius 3 is 2.38 bits per heavy atom. The van der Waals surface area contributed by atoms with Gasteiger partial charge in [-0.2, -0.15) is 0 Å². The average Bonchev–Trinajstić information content (AvgIpc) is 3.55. The van der Waals surface area contributed by atoms with Crippen molar-refractivity contribution >= 4 is 11.9 Å². The minimum Gasteiger partial charge on any atom is -0.481 e. The molecule has 0 radical (unpaired) electrons. The lowest BCUT2D eigenvalue weighted by Gasteiger charge is -2.38. The molecule has 3 N–H and O–H groups in total. The fourth-order valence-electron chi connectivity index (χ4n) is 6.78. The molecular formula is C39H50N2O7. The van der Waals surface area contributed by atoms with Gasteiger partial charge < -0.3 is 29.7 Å². The number of amides is 1. The Morgan fingerprint density at radius 2 is 1.65 bits per heavy atom. The minimum atomic E-state index is -0.773. The molecule has 0 saturated carbocycles. The van der Waals surface area contributed by atoms with Crippen molar-refractivity contribution in [2.45, 2.75) is 95.5 Å². The summed E-state index contributed by atoms with van der Waals surface area (Å²) in [7, 11) is 1.76. The molecule has 3 aromatic rings. The Labute approximate surface area is 284 Å². The van der Waals surface area contributed by atoms with Crippen molar-refractivity contribution in [3.8, 4) is 11.1 Å². The molecule has 0 bridgehead atoms. The fourth-order valence-corrected chi connectivity index (χ4v) is 6.78. The van der Waals surface area contributed by atoms with Gasteiger partial charge in [-0.15, -0.1) is 0 Å². The van der Waals surface area contributed by atoms with Gasteiger partial charge >= 0.3 is 5.97 Å². The molecule has 0 spiro atoms. The number of ether oxygens (including phenoxy) is 3. The van der Waals surface area contributed by atoms with Crippen LogP contribution in [-0.4, -0.2) is 65.9 Å². The number of carboxylic acids is 1. The Balaban J connectivity index is 1.24. The van der Waals surface area contributed by atoms with Gasteiger partial charge in [0.05, 0.1) is 25.4 Å². The molecule has 0 aliphatic carbocycles. The summed E-state index contributed by atoms with van der Waals surface area (Å²) < 4.78 is 18.7. The molecule has 2 aliphatic heterocycles. The number of nitrogens with one attached hydrogen (secondary N) is 1. The number of likely N-dealkylation sites (tertiary alicyclic amines) is 1. The average molecular weight is 659 g/mol. The maximum absolute atomic E-state index is 12.5. The Kier molecular flexibility index (Phi) is 13.6. The standard InChI is InChI=1S/C39H50N2O7/c1-46-27-33-10-8-22-41(33)25-34-23-36(30-16-14-28(26-42)15-17-30)48-39(47-34)31-20-18-29(19-21-31)35-11-7-6-9-32(35)24-40-37(43)12-4-2-3-5-13-38(44)45/h6-7,9,11,14-21,33-34,36,39,42H,2-5,8,10,12-13,22-27H2,1H3,(H,40,43)(H,44,45)/t33-,34+,36-,39-/m0/s1. The molecule has 2 aliphatic rings. The van der Waals surface area contributed by atoms with Crippen LogP contribution in [0.4, 0.5) is 0 Å². The molecule has 2 fully saturated rings. The molecule has 258 valence electrons. The lowest BCUT2D eigenvalue weighted by atomic mass is 9.97. The number of carboxylic acid groups (broad SMARTS) is 1. The van der Waals surface area contributed by atoms with E-state index in [2.05, 4.69) is 40.5 Å². The number of methoxy groups -OCH3 is 1. The number of carbonyl (C=O) groups is 2. The van der Waals surface area contributed by atoms with Gasteiger partial charge in [0.25, 0.3) is 0 Å². The molecule has 48 heavy (non-hydrogen) atoms. The quantitative estimate of drug-likeness (QED) is 0.140. The Morgan fingerprint density at radius 1 is 0.917 bits per heavy atom. The van der Waals surface area contributed by atoms with Crippen molar-refractivity contribution in [3.63, 3.8) is 0 Å². The lowest BCUT2D eigenvalue weighted by Crippen LogP contribution is -2.42. The molecule has 3 aromatic carbocycles. The van der Waals surface area contributed by atoms with E-state index < -0.39 is 12.3 Å². The molecule has 9 heteroatoms. The van der Waals surface area contributed by atoms with E-state index in [4.69, 9.17) is 19.3 Å². The highest BCUT2D eigenvalue weighted by atomic mass is 16.7. The Bertz CT molecular complexity index is 1450. The number of benzene rings is 3. The monoisotopic (exact) mass is 658 g/mol. The van der Waals surface area contributed by atoms with Gasteiger partial charge in [0, 0.05) is 51.1 Å². The predicted molar refractivity (Wildman–Crippen MR) is 184 cm³/mol. The SMILES string of the molecule is COC[C@@H]1CCCN1C[C@H]1C[C@@H](c2ccc(CO)cc2)O[C@@H](c2ccc(-c3ccccc3CNC(=O)CCCCCCC(=O)O)cc2)O1. The zero-order chi connectivity index (χ0) is 33.7. The van der Waals surface area contributed by atoms with Gasteiger partial charge in [0.2, 0.25) is 5.91 Å². The van der Waals surface area contributed by atoms with E-state index in [1.165, 1.54) is 0 Å². The summed E-state index contributed by atoms with van der Waals surface area (Å²) in [5, 5.41) is 21.4. The van der Waals surface area contributed by atoms with Crippen molar-refractivity contribution < 1.29 is 34.0 Å². The van der Waals surface area contributed by atoms with Gasteiger partial charge in [-0.25, -0.2) is 0 Å². The van der Waals surface area contributed by atoms with Crippen LogP contribution in [0.3, 0.4) is 0 Å². The summed E-state index contributed by atoms with van der Waals surface area (Å²) in [6.07, 6.45) is 6.04. The van der Waals surface area contributed by atoms with E-state index in [0.717, 1.165) is 91.6 Å². The number of hydrogen-bond acceptors (Lipinski definition) is 7. The summed E-state index contributed by atoms with van der Waals surface area (Å²) in [6.45, 7) is 3.03. The van der Waals surface area contributed by atoms with E-state index in [1.807, 2.05) is 42.5 Å². The number of aliphatic hydroxyl groups is 1. The van der Waals surface area contributed by atoms with Gasteiger partial charge in [0.1, 0.15) is 0 Å². The molecule has 5 rings (SSSR count). The summed E-state index contributed by atoms with van der Waals surface area (Å²) in [5.74, 6) is -0.771. The third kappa shape index (κ3) is 10.2. The number of hydrogen-bond donors (Lipinski definition) is 3. The number of unbranched alkanes of at least 4 members (excludes halogenated alkanes) is 3. The smallest absolute Gasteiger partial charge is 0.303 e. The number of aliphatic hydroxyl groups excluding tert-OH is 1. The first-order valence-electron chi connectivity index (χ1n) is 17.3. The molecule has 1 amide bonds. The van der Waals surface area contributed by atoms with E-state index in [0.29, 0.717) is 25.4 Å². The van der Waals surface area contributed by atoms with Crippen LogP contribution in [0.25, 0.3) is 11.1 Å². The van der Waals surface area contributed by atoms with Crippen molar-refractivity contribution in [3.05, 3.63) is 95.1 Å². The molecular weight excluding hydrogens is 608 g/mol. The van der Waals surface area contributed by atoms with Gasteiger partial charge in [-0.05, 0) is 60.0 Å². The zero-order valence-corrected chi connectivity index (χ0v) is 28.0. The second kappa shape index (κ2) is 18.2. The molecule has 0 unspecified atom stereocenters. The molecule has 2 saturated heterocycles. The summed E-state index contributed by atoms with van der Waals surface area (Å²) in [5.41, 5.74) is 6.04. The van der Waals surface area contributed by atoms with Gasteiger partial charge in [0.15, 0.2) is 6.29 Å². The van der Waals surface area contributed by atoms with Crippen LogP contribution < -0.4 is 5.32 Å². The molecule has 9 nitrogen and oxygen atoms in total. The van der Waals surface area contributed by atoms with Gasteiger partial charge in [-0.3, -0.25) is 14.5 Å². The lowest BCUT2D eigenvalue weighted by molar-refractivity contribution is -0.253. The van der Waals surface area contributed by atoms with Gasteiger partial charge in [-0.1, -0.05) is 85.6 Å². The number of rotatable bonds is 17. The first-order chi connectivity index (χ1) is 23.4. The van der Waals surface area contributed by atoms with E-state index in [-0.39, 0.29) is 31.1 Å². The first-order valence-corrected chi connectivity index (χ1v) is 17.3. The second-order valence-corrected chi connectivity index (χ2v) is 13.0. The summed E-state index contributed by atoms with van der Waals surface area (Å²) >= 11 is 0. The number of nitrogens with zero attached hydrogens (tertiary/aromatic N) is 1. The van der Waals surface area contributed by atoms with Crippen LogP contribution in [0.15, 0.2) is 72.8 Å². The normalized spacial score (nSPS) is 21.3. The second-order valence-electron chi connectivity index (χ2n) is 13.0. The van der Waals surface area contributed by atoms with Crippen LogP contribution in [0.1, 0.15) is 92.4 Å². The molecule has 4 atom stereocenters. The van der Waals surface area contributed by atoms with Crippen molar-refractivity contribution in [1.82, 2.24) is 10.2 Å². The maximum atomic E-state index is 12.5. The van der Waals surface area contributed by atoms with E-state index in [9.17, 15) is 14.7 Å². The van der Waals surface area contributed by atoms with Crippen LogP contribution in [0.5, 0.6) is 0 Å². The van der Waals surface area contributed by atoms with Crippen LogP contribution in [0.2, 0.25) is 0 Å². The maximum Gasteiger partial charge on any atom is 0.303 e. The summed E-state index contributed by atoms with van der Waals surface area (Å²) in [6, 6.07) is 24.8. The van der Waals surface area contributed by atoms with E-state index >= 15 is 0 Å². The van der Waals surface area contributed by atoms with Crippen molar-refractivity contribution in [1.29, 1.82) is 0 Å². The van der Waals surface area contributed by atoms with Crippen LogP contribution in [-0.2, 0) is 37.0 Å². The zero-order valence-electron chi connectivity index (χ0n) is 28.0.